The summed E-state index contributed by atoms with van der Waals surface area (Å²) >= 11 is 3.43. The van der Waals surface area contributed by atoms with E-state index in [0.29, 0.717) is 18.2 Å². The van der Waals surface area contributed by atoms with Crippen LogP contribution < -0.4 is 10.6 Å². The largest absolute Gasteiger partial charge is 0.347 e. The van der Waals surface area contributed by atoms with Crippen molar-refractivity contribution in [2.24, 2.45) is 0 Å². The Kier molecular flexibility index (Phi) is 5.35. The van der Waals surface area contributed by atoms with E-state index >= 15 is 0 Å². The Morgan fingerprint density at radius 3 is 2.84 bits per heavy atom. The quantitative estimate of drug-likeness (QED) is 0.687. The minimum absolute atomic E-state index is 0.262. The summed E-state index contributed by atoms with van der Waals surface area (Å²) in [5.74, 6) is 0.112. The van der Waals surface area contributed by atoms with Gasteiger partial charge in [-0.25, -0.2) is 9.97 Å². The summed E-state index contributed by atoms with van der Waals surface area (Å²) < 4.78 is 1.000. The molecule has 7 heteroatoms. The van der Waals surface area contributed by atoms with Crippen LogP contribution in [0.25, 0.3) is 0 Å². The molecule has 6 nitrogen and oxygen atoms in total. The van der Waals surface area contributed by atoms with Crippen LogP contribution in [0.3, 0.4) is 0 Å². The Balaban J connectivity index is 1.69. The molecule has 3 rings (SSSR count). The lowest BCUT2D eigenvalue weighted by atomic mass is 10.2. The van der Waals surface area contributed by atoms with E-state index in [-0.39, 0.29) is 5.91 Å². The van der Waals surface area contributed by atoms with Gasteiger partial charge in [0.1, 0.15) is 5.69 Å². The molecular formula is C18H16BrN5O. The Hall–Kier alpha value is -2.80. The van der Waals surface area contributed by atoms with Crippen LogP contribution in [-0.4, -0.2) is 20.9 Å². The van der Waals surface area contributed by atoms with Crippen molar-refractivity contribution >= 4 is 33.5 Å². The lowest BCUT2D eigenvalue weighted by Crippen LogP contribution is -2.24. The summed E-state index contributed by atoms with van der Waals surface area (Å²) in [7, 11) is 0. The van der Waals surface area contributed by atoms with Gasteiger partial charge in [0.25, 0.3) is 5.91 Å². The zero-order chi connectivity index (χ0) is 17.6. The average molecular weight is 398 g/mol. The highest BCUT2D eigenvalue weighted by molar-refractivity contribution is 9.10. The van der Waals surface area contributed by atoms with Crippen molar-refractivity contribution in [2.45, 2.75) is 13.5 Å². The lowest BCUT2D eigenvalue weighted by Gasteiger charge is -2.09. The van der Waals surface area contributed by atoms with Crippen molar-refractivity contribution < 1.29 is 4.79 Å². The molecule has 0 unspecified atom stereocenters. The number of pyridine rings is 1. The van der Waals surface area contributed by atoms with Crippen LogP contribution in [0.1, 0.15) is 21.6 Å². The highest BCUT2D eigenvalue weighted by Crippen LogP contribution is 2.22. The van der Waals surface area contributed by atoms with Crippen LogP contribution in [-0.2, 0) is 6.54 Å². The van der Waals surface area contributed by atoms with Crippen molar-refractivity contribution in [1.29, 1.82) is 0 Å². The molecule has 0 radical (unpaired) electrons. The molecule has 0 bridgehead atoms. The van der Waals surface area contributed by atoms with Crippen LogP contribution in [0.15, 0.2) is 59.5 Å². The SMILES string of the molecule is Cc1cc(Br)ccc1Nc1nccc(C(=O)NCc2cccnc2)n1. The summed E-state index contributed by atoms with van der Waals surface area (Å²) in [6.45, 7) is 2.38. The molecule has 0 aliphatic heterocycles. The number of nitrogens with zero attached hydrogens (tertiary/aromatic N) is 3. The van der Waals surface area contributed by atoms with Gasteiger partial charge in [0.15, 0.2) is 0 Å². The zero-order valence-corrected chi connectivity index (χ0v) is 15.1. The van der Waals surface area contributed by atoms with Gasteiger partial charge in [-0.1, -0.05) is 22.0 Å². The number of aromatic nitrogens is 3. The number of nitrogens with one attached hydrogen (secondary N) is 2. The first kappa shape index (κ1) is 17.0. The van der Waals surface area contributed by atoms with Crippen LogP contribution >= 0.6 is 15.9 Å². The van der Waals surface area contributed by atoms with Crippen LogP contribution in [0.5, 0.6) is 0 Å². The number of anilines is 2. The normalized spacial score (nSPS) is 10.3. The fourth-order valence-electron chi connectivity index (χ4n) is 2.21. The monoisotopic (exact) mass is 397 g/mol. The Morgan fingerprint density at radius 2 is 2.08 bits per heavy atom. The first-order valence-corrected chi connectivity index (χ1v) is 8.44. The highest BCUT2D eigenvalue weighted by Gasteiger charge is 2.09. The van der Waals surface area contributed by atoms with Crippen molar-refractivity contribution in [3.63, 3.8) is 0 Å². The molecule has 3 aromatic rings. The molecule has 0 spiro atoms. The van der Waals surface area contributed by atoms with E-state index in [1.54, 1.807) is 24.7 Å². The van der Waals surface area contributed by atoms with E-state index in [9.17, 15) is 4.79 Å². The zero-order valence-electron chi connectivity index (χ0n) is 13.5. The number of halogens is 1. The van der Waals surface area contributed by atoms with Gasteiger partial charge in [-0.2, -0.15) is 0 Å². The first-order chi connectivity index (χ1) is 12.1. The number of amides is 1. The predicted molar refractivity (Wildman–Crippen MR) is 99.6 cm³/mol. The smallest absolute Gasteiger partial charge is 0.270 e. The van der Waals surface area contributed by atoms with Gasteiger partial charge in [-0.05, 0) is 48.4 Å². The highest BCUT2D eigenvalue weighted by atomic mass is 79.9. The minimum Gasteiger partial charge on any atom is -0.347 e. The van der Waals surface area contributed by atoms with Gasteiger partial charge in [0.2, 0.25) is 5.95 Å². The minimum atomic E-state index is -0.262. The summed E-state index contributed by atoms with van der Waals surface area (Å²) in [5, 5.41) is 5.96. The topological polar surface area (TPSA) is 79.8 Å². The summed E-state index contributed by atoms with van der Waals surface area (Å²) in [5.41, 5.74) is 3.16. The second-order valence-corrected chi connectivity index (χ2v) is 6.31. The van der Waals surface area contributed by atoms with Crippen molar-refractivity contribution in [3.8, 4) is 0 Å². The maximum atomic E-state index is 12.3. The molecule has 0 atom stereocenters. The molecule has 2 N–H and O–H groups in total. The molecule has 126 valence electrons. The van der Waals surface area contributed by atoms with E-state index < -0.39 is 0 Å². The summed E-state index contributed by atoms with van der Waals surface area (Å²) in [6, 6.07) is 11.2. The molecule has 2 heterocycles. The Morgan fingerprint density at radius 1 is 1.20 bits per heavy atom. The van der Waals surface area contributed by atoms with Gasteiger partial charge in [-0.3, -0.25) is 9.78 Å². The standard InChI is InChI=1S/C18H16BrN5O/c1-12-9-14(19)4-5-15(12)23-18-21-8-6-16(24-18)17(25)22-11-13-3-2-7-20-10-13/h2-10H,11H2,1H3,(H,22,25)(H,21,23,24). The first-order valence-electron chi connectivity index (χ1n) is 7.65. The second kappa shape index (κ2) is 7.85. The number of aryl methyl sites for hydroxylation is 1. The average Bonchev–Trinajstić information content (AvgIpc) is 2.63. The fourth-order valence-corrected chi connectivity index (χ4v) is 2.68. The number of hydrogen-bond donors (Lipinski definition) is 2. The molecule has 0 aliphatic carbocycles. The van der Waals surface area contributed by atoms with Gasteiger partial charge in [0, 0.05) is 35.3 Å². The number of hydrogen-bond acceptors (Lipinski definition) is 5. The fraction of sp³-hybridized carbons (Fsp3) is 0.111. The van der Waals surface area contributed by atoms with Crippen molar-refractivity contribution in [3.05, 3.63) is 76.3 Å². The van der Waals surface area contributed by atoms with E-state index in [1.165, 1.54) is 0 Å². The lowest BCUT2D eigenvalue weighted by molar-refractivity contribution is 0.0946. The summed E-state index contributed by atoms with van der Waals surface area (Å²) in [4.78, 5) is 24.8. The Bertz CT molecular complexity index is 886. The van der Waals surface area contributed by atoms with Gasteiger partial charge >= 0.3 is 0 Å². The molecule has 1 aromatic carbocycles. The van der Waals surface area contributed by atoms with E-state index in [4.69, 9.17) is 0 Å². The molecule has 25 heavy (non-hydrogen) atoms. The van der Waals surface area contributed by atoms with E-state index in [0.717, 1.165) is 21.3 Å². The van der Waals surface area contributed by atoms with Gasteiger partial charge < -0.3 is 10.6 Å². The van der Waals surface area contributed by atoms with Crippen LogP contribution in [0, 0.1) is 6.92 Å². The maximum absolute atomic E-state index is 12.3. The summed E-state index contributed by atoms with van der Waals surface area (Å²) in [6.07, 6.45) is 4.96. The second-order valence-electron chi connectivity index (χ2n) is 5.39. The third-order valence-corrected chi connectivity index (χ3v) is 3.99. The predicted octanol–water partition coefficient (Wildman–Crippen LogP) is 3.62. The number of carbonyl (C=O) groups is 1. The third-order valence-electron chi connectivity index (χ3n) is 3.50. The van der Waals surface area contributed by atoms with Gasteiger partial charge in [0.05, 0.1) is 0 Å². The van der Waals surface area contributed by atoms with Gasteiger partial charge in [-0.15, -0.1) is 0 Å². The molecule has 0 saturated carbocycles. The number of rotatable bonds is 5. The molecule has 0 fully saturated rings. The molecule has 0 aliphatic rings. The molecule has 1 amide bonds. The maximum Gasteiger partial charge on any atom is 0.270 e. The van der Waals surface area contributed by atoms with Crippen molar-refractivity contribution in [2.75, 3.05) is 5.32 Å². The van der Waals surface area contributed by atoms with Crippen molar-refractivity contribution in [1.82, 2.24) is 20.3 Å². The van der Waals surface area contributed by atoms with E-state index in [2.05, 4.69) is 41.5 Å². The van der Waals surface area contributed by atoms with E-state index in [1.807, 2.05) is 37.3 Å². The van der Waals surface area contributed by atoms with Crippen LogP contribution in [0.4, 0.5) is 11.6 Å². The molecule has 2 aromatic heterocycles. The Labute approximate surface area is 153 Å². The molecule has 0 saturated heterocycles. The molecular weight excluding hydrogens is 382 g/mol. The number of carbonyl (C=O) groups excluding carboxylic acids is 1. The number of benzene rings is 1. The third kappa shape index (κ3) is 4.60. The van der Waals surface area contributed by atoms with Crippen LogP contribution in [0.2, 0.25) is 0 Å².